The summed E-state index contributed by atoms with van der Waals surface area (Å²) < 4.78 is 5.40. The van der Waals surface area contributed by atoms with E-state index in [1.165, 1.54) is 25.1 Å². The number of hydrogen-bond donors (Lipinski definition) is 0. The fraction of sp³-hybridized carbons (Fsp3) is 0. The van der Waals surface area contributed by atoms with Crippen molar-refractivity contribution in [1.29, 1.82) is 0 Å². The van der Waals surface area contributed by atoms with Crippen LogP contribution >= 0.6 is 90.4 Å². The maximum atomic E-state index is 2.44. The summed E-state index contributed by atoms with van der Waals surface area (Å²) in [5.74, 6) is 0. The minimum atomic E-state index is 1.33. The Hall–Kier alpha value is 1.62. The molecule has 0 aromatic heterocycles. The van der Waals surface area contributed by atoms with Crippen molar-refractivity contribution < 1.29 is 0 Å². The minimum Gasteiger partial charge on any atom is -0.0606 e. The van der Waals surface area contributed by atoms with Gasteiger partial charge in [-0.05, 0) is 108 Å². The third-order valence-electron chi connectivity index (χ3n) is 1.95. The molecule has 0 radical (unpaired) electrons. The van der Waals surface area contributed by atoms with Gasteiger partial charge in [-0.1, -0.05) is 12.1 Å². The molecular weight excluding hydrogens is 628 g/mol. The Balaban J connectivity index is 2.99. The molecule has 0 unspecified atom stereocenters. The Labute approximate surface area is 137 Å². The van der Waals surface area contributed by atoms with Gasteiger partial charge in [-0.25, -0.2) is 0 Å². The summed E-state index contributed by atoms with van der Waals surface area (Å²) in [7, 11) is 0. The Morgan fingerprint density at radius 2 is 1.50 bits per heavy atom. The van der Waals surface area contributed by atoms with Gasteiger partial charge in [0.05, 0.1) is 0 Å². The molecule has 14 heavy (non-hydrogen) atoms. The van der Waals surface area contributed by atoms with Gasteiger partial charge in [0.25, 0.3) is 0 Å². The Bertz CT molecular complexity index is 505. The van der Waals surface area contributed by atoms with Crippen LogP contribution in [0.25, 0.3) is 10.8 Å². The second kappa shape index (κ2) is 4.86. The van der Waals surface area contributed by atoms with Crippen LogP contribution in [0.5, 0.6) is 0 Å². The smallest absolute Gasteiger partial charge is 0.0404 e. The van der Waals surface area contributed by atoms with Crippen LogP contribution < -0.4 is 0 Å². The maximum Gasteiger partial charge on any atom is 0.0404 e. The first kappa shape index (κ1) is 12.1. The van der Waals surface area contributed by atoms with Crippen LogP contribution in [0.1, 0.15) is 0 Å². The standard InChI is InChI=1S/C10H4I4/c11-6-3-1-2-5-4-7(12)9(13)10(14)8(5)6/h1-4H. The number of benzene rings is 2. The van der Waals surface area contributed by atoms with Gasteiger partial charge in [-0.3, -0.25) is 0 Å². The molecule has 0 nitrogen and oxygen atoms in total. The van der Waals surface area contributed by atoms with E-state index in [1.54, 1.807) is 0 Å². The average Bonchev–Trinajstić information content (AvgIpc) is 2.14. The zero-order chi connectivity index (χ0) is 10.3. The lowest BCUT2D eigenvalue weighted by Gasteiger charge is -2.07. The molecule has 0 aliphatic heterocycles. The van der Waals surface area contributed by atoms with Crippen LogP contribution in [0, 0.1) is 14.3 Å². The monoisotopic (exact) mass is 632 g/mol. The van der Waals surface area contributed by atoms with E-state index in [0.29, 0.717) is 0 Å². The van der Waals surface area contributed by atoms with Gasteiger partial charge in [0, 0.05) is 19.7 Å². The molecule has 0 amide bonds. The number of halogens is 4. The van der Waals surface area contributed by atoms with Crippen molar-refractivity contribution in [2.45, 2.75) is 0 Å². The van der Waals surface area contributed by atoms with Gasteiger partial charge < -0.3 is 0 Å². The molecule has 0 fully saturated rings. The van der Waals surface area contributed by atoms with Crippen molar-refractivity contribution in [2.75, 3.05) is 0 Å². The highest BCUT2D eigenvalue weighted by Crippen LogP contribution is 2.32. The van der Waals surface area contributed by atoms with E-state index in [1.807, 2.05) is 0 Å². The first-order valence-corrected chi connectivity index (χ1v) is 8.14. The van der Waals surface area contributed by atoms with E-state index in [-0.39, 0.29) is 0 Å². The van der Waals surface area contributed by atoms with E-state index >= 15 is 0 Å². The highest BCUT2D eigenvalue weighted by molar-refractivity contribution is 14.1. The van der Waals surface area contributed by atoms with Crippen molar-refractivity contribution in [1.82, 2.24) is 0 Å². The lowest BCUT2D eigenvalue weighted by molar-refractivity contribution is 1.57. The Kier molecular flexibility index (Phi) is 4.20. The van der Waals surface area contributed by atoms with Crippen LogP contribution in [-0.2, 0) is 0 Å². The van der Waals surface area contributed by atoms with Crippen molar-refractivity contribution >= 4 is 101 Å². The van der Waals surface area contributed by atoms with Gasteiger partial charge in [0.2, 0.25) is 0 Å². The van der Waals surface area contributed by atoms with Crippen LogP contribution in [-0.4, -0.2) is 0 Å². The molecule has 0 saturated carbocycles. The normalized spacial score (nSPS) is 10.9. The SMILES string of the molecule is Ic1cc2cccc(I)c2c(I)c1I. The van der Waals surface area contributed by atoms with Crippen LogP contribution in [0.15, 0.2) is 24.3 Å². The lowest BCUT2D eigenvalue weighted by Crippen LogP contribution is -1.90. The molecule has 4 heteroatoms. The van der Waals surface area contributed by atoms with E-state index in [9.17, 15) is 0 Å². The summed E-state index contributed by atoms with van der Waals surface area (Å²) in [6.45, 7) is 0. The Morgan fingerprint density at radius 3 is 2.21 bits per heavy atom. The quantitative estimate of drug-likeness (QED) is 0.275. The van der Waals surface area contributed by atoms with E-state index in [4.69, 9.17) is 0 Å². The highest BCUT2D eigenvalue weighted by atomic mass is 127. The summed E-state index contributed by atoms with van der Waals surface area (Å²) in [5, 5.41) is 2.73. The van der Waals surface area contributed by atoms with E-state index in [0.717, 1.165) is 0 Å². The molecule has 0 aliphatic carbocycles. The topological polar surface area (TPSA) is 0 Å². The lowest BCUT2D eigenvalue weighted by atomic mass is 10.1. The predicted molar refractivity (Wildman–Crippen MR) is 94.8 cm³/mol. The molecule has 0 N–H and O–H groups in total. The van der Waals surface area contributed by atoms with E-state index in [2.05, 4.69) is 115 Å². The van der Waals surface area contributed by atoms with Crippen molar-refractivity contribution in [3.63, 3.8) is 0 Å². The molecular formula is C10H4I4. The number of fused-ring (bicyclic) bond motifs is 1. The zero-order valence-corrected chi connectivity index (χ0v) is 15.5. The van der Waals surface area contributed by atoms with Crippen LogP contribution in [0.3, 0.4) is 0 Å². The van der Waals surface area contributed by atoms with Crippen molar-refractivity contribution in [2.24, 2.45) is 0 Å². The summed E-state index contributed by atoms with van der Waals surface area (Å²) in [6.07, 6.45) is 0. The van der Waals surface area contributed by atoms with Crippen LogP contribution in [0.4, 0.5) is 0 Å². The van der Waals surface area contributed by atoms with Crippen LogP contribution in [0.2, 0.25) is 0 Å². The second-order valence-electron chi connectivity index (χ2n) is 2.82. The Morgan fingerprint density at radius 1 is 0.786 bits per heavy atom. The third kappa shape index (κ3) is 2.17. The fourth-order valence-corrected chi connectivity index (χ4v) is 5.05. The zero-order valence-electron chi connectivity index (χ0n) is 6.82. The molecule has 2 rings (SSSR count). The molecule has 0 bridgehead atoms. The molecule has 0 spiro atoms. The molecule has 72 valence electrons. The highest BCUT2D eigenvalue weighted by Gasteiger charge is 2.09. The molecule has 0 heterocycles. The maximum absolute atomic E-state index is 2.44. The van der Waals surface area contributed by atoms with Gasteiger partial charge in [-0.2, -0.15) is 0 Å². The van der Waals surface area contributed by atoms with Gasteiger partial charge >= 0.3 is 0 Å². The van der Waals surface area contributed by atoms with Gasteiger partial charge in [0.1, 0.15) is 0 Å². The first-order chi connectivity index (χ1) is 6.61. The molecule has 0 atom stereocenters. The number of hydrogen-bond acceptors (Lipinski definition) is 0. The summed E-state index contributed by atoms with van der Waals surface area (Å²) in [6, 6.07) is 8.71. The number of rotatable bonds is 0. The third-order valence-corrected chi connectivity index (χ3v) is 7.96. The fourth-order valence-electron chi connectivity index (χ4n) is 1.31. The van der Waals surface area contributed by atoms with Gasteiger partial charge in [0.15, 0.2) is 0 Å². The first-order valence-electron chi connectivity index (χ1n) is 3.83. The van der Waals surface area contributed by atoms with Crippen molar-refractivity contribution in [3.8, 4) is 0 Å². The molecule has 0 aliphatic rings. The second-order valence-corrected chi connectivity index (χ2v) is 7.31. The minimum absolute atomic E-state index is 1.33. The molecule has 0 saturated heterocycles. The van der Waals surface area contributed by atoms with Crippen molar-refractivity contribution in [3.05, 3.63) is 38.5 Å². The van der Waals surface area contributed by atoms with Gasteiger partial charge in [-0.15, -0.1) is 0 Å². The predicted octanol–water partition coefficient (Wildman–Crippen LogP) is 5.26. The summed E-state index contributed by atoms with van der Waals surface area (Å²) in [5.41, 5.74) is 0. The average molecular weight is 632 g/mol. The molecule has 2 aromatic rings. The summed E-state index contributed by atoms with van der Waals surface area (Å²) in [4.78, 5) is 0. The summed E-state index contributed by atoms with van der Waals surface area (Å²) >= 11 is 9.65. The molecule has 2 aromatic carbocycles. The van der Waals surface area contributed by atoms with E-state index < -0.39 is 0 Å². The largest absolute Gasteiger partial charge is 0.0606 e.